The number of hydrogen-bond donors (Lipinski definition) is 0. The van der Waals surface area contributed by atoms with Gasteiger partial charge in [-0.3, -0.25) is 0 Å². The maximum atomic E-state index is 12.1. The average molecular weight is 202 g/mol. The van der Waals surface area contributed by atoms with Gasteiger partial charge >= 0.3 is 12.1 Å². The van der Waals surface area contributed by atoms with Crippen LogP contribution in [0, 0.1) is 6.92 Å². The predicted octanol–water partition coefficient (Wildman–Crippen LogP) is 2.55. The lowest BCUT2D eigenvalue weighted by Gasteiger charge is -1.96. The van der Waals surface area contributed by atoms with Crippen molar-refractivity contribution >= 4 is 11.2 Å². The van der Waals surface area contributed by atoms with Gasteiger partial charge in [-0.05, 0) is 18.6 Å². The molecule has 0 aromatic carbocycles. The van der Waals surface area contributed by atoms with E-state index in [1.807, 2.05) is 0 Å². The van der Waals surface area contributed by atoms with Crippen molar-refractivity contribution in [3.05, 3.63) is 23.7 Å². The molecule has 0 bridgehead atoms. The second kappa shape index (κ2) is 2.70. The molecule has 14 heavy (non-hydrogen) atoms. The molecule has 0 aliphatic carbocycles. The lowest BCUT2D eigenvalue weighted by Crippen LogP contribution is -2.04. The van der Waals surface area contributed by atoms with Gasteiger partial charge in [0.05, 0.1) is 0 Å². The van der Waals surface area contributed by atoms with Crippen molar-refractivity contribution < 1.29 is 17.6 Å². The van der Waals surface area contributed by atoms with E-state index in [9.17, 15) is 13.2 Å². The van der Waals surface area contributed by atoms with Crippen LogP contribution in [0.3, 0.4) is 0 Å². The first kappa shape index (κ1) is 8.98. The Labute approximate surface area is 76.6 Å². The SMILES string of the molecule is Cc1cnc2oc(C(F)(F)F)nc2c1. The molecule has 0 fully saturated rings. The van der Waals surface area contributed by atoms with E-state index in [2.05, 4.69) is 14.4 Å². The van der Waals surface area contributed by atoms with Gasteiger partial charge in [0.1, 0.15) is 5.52 Å². The second-order valence-corrected chi connectivity index (χ2v) is 2.85. The number of fused-ring (bicyclic) bond motifs is 1. The third kappa shape index (κ3) is 1.43. The minimum atomic E-state index is -4.56. The Morgan fingerprint density at radius 1 is 1.36 bits per heavy atom. The Morgan fingerprint density at radius 2 is 2.07 bits per heavy atom. The third-order valence-corrected chi connectivity index (χ3v) is 1.63. The molecule has 0 radical (unpaired) electrons. The molecule has 0 saturated heterocycles. The van der Waals surface area contributed by atoms with E-state index in [1.165, 1.54) is 12.3 Å². The van der Waals surface area contributed by atoms with Gasteiger partial charge in [0.25, 0.3) is 0 Å². The molecule has 2 rings (SSSR count). The van der Waals surface area contributed by atoms with Crippen molar-refractivity contribution in [2.24, 2.45) is 0 Å². The molecule has 3 nitrogen and oxygen atoms in total. The van der Waals surface area contributed by atoms with E-state index in [-0.39, 0.29) is 11.2 Å². The summed E-state index contributed by atoms with van der Waals surface area (Å²) >= 11 is 0. The first-order valence-corrected chi connectivity index (χ1v) is 3.77. The molecule has 0 unspecified atom stereocenters. The molecule has 2 aromatic rings. The smallest absolute Gasteiger partial charge is 0.414 e. The number of aromatic nitrogens is 2. The van der Waals surface area contributed by atoms with E-state index in [1.54, 1.807) is 6.92 Å². The minimum absolute atomic E-state index is 0.0945. The van der Waals surface area contributed by atoms with Gasteiger partial charge in [0.2, 0.25) is 5.71 Å². The van der Waals surface area contributed by atoms with E-state index >= 15 is 0 Å². The number of halogens is 3. The van der Waals surface area contributed by atoms with Crippen molar-refractivity contribution in [2.45, 2.75) is 13.1 Å². The van der Waals surface area contributed by atoms with Crippen molar-refractivity contribution in [3.63, 3.8) is 0 Å². The number of hydrogen-bond acceptors (Lipinski definition) is 3. The second-order valence-electron chi connectivity index (χ2n) is 2.85. The number of aryl methyl sites for hydroxylation is 1. The maximum absolute atomic E-state index is 12.1. The molecule has 0 aliphatic heterocycles. The number of rotatable bonds is 0. The fraction of sp³-hybridized carbons (Fsp3) is 0.250. The first-order valence-electron chi connectivity index (χ1n) is 3.77. The number of pyridine rings is 1. The van der Waals surface area contributed by atoms with Gasteiger partial charge in [-0.1, -0.05) is 0 Å². The maximum Gasteiger partial charge on any atom is 0.469 e. The summed E-state index contributed by atoms with van der Waals surface area (Å²) in [6.45, 7) is 1.72. The fourth-order valence-electron chi connectivity index (χ4n) is 1.05. The Kier molecular flexibility index (Phi) is 1.73. The zero-order valence-electron chi connectivity index (χ0n) is 7.09. The summed E-state index contributed by atoms with van der Waals surface area (Å²) in [4.78, 5) is 6.98. The van der Waals surface area contributed by atoms with E-state index in [0.717, 1.165) is 5.56 Å². The third-order valence-electron chi connectivity index (χ3n) is 1.63. The normalized spacial score (nSPS) is 12.3. The molecule has 0 spiro atoms. The van der Waals surface area contributed by atoms with Crippen molar-refractivity contribution in [1.29, 1.82) is 0 Å². The molecule has 0 N–H and O–H groups in total. The van der Waals surface area contributed by atoms with Crippen LogP contribution in [0.5, 0.6) is 0 Å². The lowest BCUT2D eigenvalue weighted by atomic mass is 10.3. The molecule has 0 atom stereocenters. The molecule has 0 aliphatic rings. The fourth-order valence-corrected chi connectivity index (χ4v) is 1.05. The molecule has 2 heterocycles. The highest BCUT2D eigenvalue weighted by Crippen LogP contribution is 2.30. The summed E-state index contributed by atoms with van der Waals surface area (Å²) in [5, 5.41) is 0. The highest BCUT2D eigenvalue weighted by Gasteiger charge is 2.37. The summed E-state index contributed by atoms with van der Waals surface area (Å²) < 4.78 is 40.9. The Hall–Kier alpha value is -1.59. The van der Waals surface area contributed by atoms with Crippen LogP contribution >= 0.6 is 0 Å². The van der Waals surface area contributed by atoms with Crippen LogP contribution < -0.4 is 0 Å². The standard InChI is InChI=1S/C8H5F3N2O/c1-4-2-5-6(12-3-4)14-7(13-5)8(9,10)11/h2-3H,1H3. The molecule has 6 heteroatoms. The number of nitrogens with zero attached hydrogens (tertiary/aromatic N) is 2. The zero-order chi connectivity index (χ0) is 10.3. The zero-order valence-corrected chi connectivity index (χ0v) is 7.09. The van der Waals surface area contributed by atoms with Gasteiger partial charge in [-0.2, -0.15) is 13.2 Å². The van der Waals surface area contributed by atoms with Gasteiger partial charge in [0, 0.05) is 6.20 Å². The van der Waals surface area contributed by atoms with Crippen LogP contribution in [0.15, 0.2) is 16.7 Å². The predicted molar refractivity (Wildman–Crippen MR) is 41.5 cm³/mol. The number of oxazole rings is 1. The summed E-state index contributed by atoms with van der Waals surface area (Å²) in [5.74, 6) is -1.26. The lowest BCUT2D eigenvalue weighted by molar-refractivity contribution is -0.156. The van der Waals surface area contributed by atoms with Gasteiger partial charge < -0.3 is 4.42 Å². The monoisotopic (exact) mass is 202 g/mol. The van der Waals surface area contributed by atoms with Gasteiger partial charge in [0.15, 0.2) is 0 Å². The molecule has 2 aromatic heterocycles. The quantitative estimate of drug-likeness (QED) is 0.658. The van der Waals surface area contributed by atoms with Crippen molar-refractivity contribution in [3.8, 4) is 0 Å². The number of alkyl halides is 3. The molecule has 0 amide bonds. The highest BCUT2D eigenvalue weighted by atomic mass is 19.4. The average Bonchev–Trinajstić information content (AvgIpc) is 2.45. The van der Waals surface area contributed by atoms with Crippen LogP contribution in [-0.2, 0) is 6.18 Å². The molecular formula is C8H5F3N2O. The largest absolute Gasteiger partial charge is 0.469 e. The van der Waals surface area contributed by atoms with E-state index < -0.39 is 12.1 Å². The van der Waals surface area contributed by atoms with Gasteiger partial charge in [-0.15, -0.1) is 0 Å². The van der Waals surface area contributed by atoms with Crippen LogP contribution in [-0.4, -0.2) is 9.97 Å². The van der Waals surface area contributed by atoms with E-state index in [0.29, 0.717) is 0 Å². The summed E-state index contributed by atoms with van der Waals surface area (Å²) in [7, 11) is 0. The Balaban J connectivity index is 2.63. The molecule has 0 saturated carbocycles. The van der Waals surface area contributed by atoms with E-state index in [4.69, 9.17) is 0 Å². The summed E-state index contributed by atoms with van der Waals surface area (Å²) in [6, 6.07) is 1.49. The molecule has 74 valence electrons. The topological polar surface area (TPSA) is 38.9 Å². The summed E-state index contributed by atoms with van der Waals surface area (Å²) in [5.41, 5.74) is 0.764. The molecular weight excluding hydrogens is 197 g/mol. The van der Waals surface area contributed by atoms with Crippen LogP contribution in [0.2, 0.25) is 0 Å². The minimum Gasteiger partial charge on any atom is -0.414 e. The van der Waals surface area contributed by atoms with Crippen LogP contribution in [0.1, 0.15) is 11.5 Å². The van der Waals surface area contributed by atoms with Crippen molar-refractivity contribution in [2.75, 3.05) is 0 Å². The Morgan fingerprint density at radius 3 is 2.71 bits per heavy atom. The first-order chi connectivity index (χ1) is 6.47. The van der Waals surface area contributed by atoms with Crippen LogP contribution in [0.25, 0.3) is 11.2 Å². The summed E-state index contributed by atoms with van der Waals surface area (Å²) in [6.07, 6.45) is -3.14. The Bertz CT molecular complexity index is 475. The van der Waals surface area contributed by atoms with Gasteiger partial charge in [-0.25, -0.2) is 9.97 Å². The van der Waals surface area contributed by atoms with Crippen LogP contribution in [0.4, 0.5) is 13.2 Å². The van der Waals surface area contributed by atoms with Crippen molar-refractivity contribution in [1.82, 2.24) is 9.97 Å². The highest BCUT2D eigenvalue weighted by molar-refractivity contribution is 5.68.